The van der Waals surface area contributed by atoms with Crippen LogP contribution in [0.3, 0.4) is 0 Å². The van der Waals surface area contributed by atoms with Crippen molar-refractivity contribution in [3.63, 3.8) is 0 Å². The molecular weight excluding hydrogens is 423 g/mol. The highest BCUT2D eigenvalue weighted by Gasteiger charge is 2.30. The van der Waals surface area contributed by atoms with E-state index >= 15 is 0 Å². The molecule has 1 aromatic heterocycles. The number of halogens is 3. The van der Waals surface area contributed by atoms with Gasteiger partial charge in [0.15, 0.2) is 11.5 Å². The van der Waals surface area contributed by atoms with Crippen LogP contribution in [0.1, 0.15) is 5.56 Å². The monoisotopic (exact) mass is 439 g/mol. The number of alkyl halides is 3. The fourth-order valence-electron chi connectivity index (χ4n) is 2.39. The van der Waals surface area contributed by atoms with Crippen LogP contribution in [0, 0.1) is 0 Å². The Morgan fingerprint density at radius 2 is 1.67 bits per heavy atom. The van der Waals surface area contributed by atoms with Crippen molar-refractivity contribution in [3.05, 3.63) is 48.0 Å². The van der Waals surface area contributed by atoms with Gasteiger partial charge in [0.1, 0.15) is 0 Å². The molecule has 1 heterocycles. The molecule has 0 aliphatic carbocycles. The number of hydrogen-bond acceptors (Lipinski definition) is 7. The SMILES string of the molecule is COc1ccc(Nc2nnc(NC(=O)Nc3cccc(C(F)(F)F)c3)s2)cc1OC. The van der Waals surface area contributed by atoms with Crippen LogP contribution in [0.2, 0.25) is 0 Å². The number of nitrogens with zero attached hydrogens (tertiary/aromatic N) is 2. The first-order valence-electron chi connectivity index (χ1n) is 8.36. The van der Waals surface area contributed by atoms with Crippen molar-refractivity contribution in [3.8, 4) is 11.5 Å². The quantitative estimate of drug-likeness (QED) is 0.502. The lowest BCUT2D eigenvalue weighted by atomic mass is 10.2. The summed E-state index contributed by atoms with van der Waals surface area (Å²) in [6.07, 6.45) is -4.50. The predicted molar refractivity (Wildman–Crippen MR) is 107 cm³/mol. The first-order valence-corrected chi connectivity index (χ1v) is 9.18. The fourth-order valence-corrected chi connectivity index (χ4v) is 3.05. The summed E-state index contributed by atoms with van der Waals surface area (Å²) in [4.78, 5) is 12.0. The topological polar surface area (TPSA) is 97.4 Å². The lowest BCUT2D eigenvalue weighted by Crippen LogP contribution is -2.19. The van der Waals surface area contributed by atoms with Crippen LogP contribution < -0.4 is 25.4 Å². The van der Waals surface area contributed by atoms with Gasteiger partial charge >= 0.3 is 12.2 Å². The summed E-state index contributed by atoms with van der Waals surface area (Å²) >= 11 is 1.04. The van der Waals surface area contributed by atoms with Gasteiger partial charge in [0.05, 0.1) is 19.8 Å². The zero-order valence-electron chi connectivity index (χ0n) is 15.7. The van der Waals surface area contributed by atoms with E-state index in [4.69, 9.17) is 9.47 Å². The van der Waals surface area contributed by atoms with E-state index in [-0.39, 0.29) is 10.8 Å². The van der Waals surface area contributed by atoms with E-state index in [9.17, 15) is 18.0 Å². The summed E-state index contributed by atoms with van der Waals surface area (Å²) in [7, 11) is 3.04. The molecule has 0 spiro atoms. The Balaban J connectivity index is 1.62. The third-order valence-electron chi connectivity index (χ3n) is 3.73. The number of anilines is 4. The maximum atomic E-state index is 12.8. The third-order valence-corrected chi connectivity index (χ3v) is 4.48. The molecule has 0 saturated carbocycles. The molecule has 0 bridgehead atoms. The summed E-state index contributed by atoms with van der Waals surface area (Å²) < 4.78 is 48.7. The molecule has 3 aromatic rings. The van der Waals surface area contributed by atoms with E-state index in [0.29, 0.717) is 22.3 Å². The van der Waals surface area contributed by atoms with Crippen molar-refractivity contribution in [1.29, 1.82) is 0 Å². The Morgan fingerprint density at radius 3 is 2.37 bits per heavy atom. The predicted octanol–water partition coefficient (Wildman–Crippen LogP) is 4.96. The van der Waals surface area contributed by atoms with Crippen molar-refractivity contribution in [2.75, 3.05) is 30.2 Å². The van der Waals surface area contributed by atoms with E-state index in [1.54, 1.807) is 18.2 Å². The lowest BCUT2D eigenvalue weighted by molar-refractivity contribution is -0.137. The van der Waals surface area contributed by atoms with Gasteiger partial charge in [-0.05, 0) is 30.3 Å². The molecule has 3 N–H and O–H groups in total. The van der Waals surface area contributed by atoms with E-state index in [0.717, 1.165) is 23.5 Å². The van der Waals surface area contributed by atoms with Gasteiger partial charge in [0.2, 0.25) is 10.3 Å². The van der Waals surface area contributed by atoms with E-state index in [2.05, 4.69) is 26.1 Å². The first-order chi connectivity index (χ1) is 14.3. The zero-order chi connectivity index (χ0) is 21.7. The number of nitrogens with one attached hydrogen (secondary N) is 3. The minimum absolute atomic E-state index is 0.00415. The Morgan fingerprint density at radius 1 is 0.933 bits per heavy atom. The van der Waals surface area contributed by atoms with Crippen LogP contribution in [0.4, 0.5) is 39.6 Å². The molecule has 0 radical (unpaired) electrons. The summed E-state index contributed by atoms with van der Waals surface area (Å²) in [5, 5.41) is 16.0. The molecule has 0 aliphatic heterocycles. The van der Waals surface area contributed by atoms with Gasteiger partial charge in [-0.25, -0.2) is 4.79 Å². The van der Waals surface area contributed by atoms with Gasteiger partial charge in [-0.3, -0.25) is 5.32 Å². The minimum atomic E-state index is -4.50. The Kier molecular flexibility index (Phi) is 6.26. The second-order valence-corrected chi connectivity index (χ2v) is 6.74. The van der Waals surface area contributed by atoms with Crippen molar-refractivity contribution in [1.82, 2.24) is 10.2 Å². The van der Waals surface area contributed by atoms with E-state index in [1.807, 2.05) is 0 Å². The summed E-state index contributed by atoms with van der Waals surface area (Å²) in [6.45, 7) is 0. The average molecular weight is 439 g/mol. The summed E-state index contributed by atoms with van der Waals surface area (Å²) in [5.74, 6) is 1.08. The smallest absolute Gasteiger partial charge is 0.416 e. The molecule has 0 fully saturated rings. The molecule has 2 amide bonds. The van der Waals surface area contributed by atoms with Crippen LogP contribution in [0.25, 0.3) is 0 Å². The molecule has 12 heteroatoms. The number of urea groups is 1. The van der Waals surface area contributed by atoms with Crippen LogP contribution in [-0.4, -0.2) is 30.4 Å². The molecule has 3 rings (SSSR count). The van der Waals surface area contributed by atoms with Crippen molar-refractivity contribution in [2.45, 2.75) is 6.18 Å². The molecule has 0 atom stereocenters. The van der Waals surface area contributed by atoms with Gasteiger partial charge < -0.3 is 20.1 Å². The third kappa shape index (κ3) is 5.29. The standard InChI is InChI=1S/C18H16F3N5O3S/c1-28-13-7-6-12(9-14(13)29-2)23-16-25-26-17(30-16)24-15(27)22-11-5-3-4-10(8-11)18(19,20)21/h3-9H,1-2H3,(H,23,25)(H2,22,24,26,27). The lowest BCUT2D eigenvalue weighted by Gasteiger charge is -2.10. The number of benzene rings is 2. The zero-order valence-corrected chi connectivity index (χ0v) is 16.5. The highest BCUT2D eigenvalue weighted by Crippen LogP contribution is 2.33. The van der Waals surface area contributed by atoms with Crippen LogP contribution >= 0.6 is 11.3 Å². The molecule has 158 valence electrons. The van der Waals surface area contributed by atoms with Crippen molar-refractivity contribution < 1.29 is 27.4 Å². The van der Waals surface area contributed by atoms with Gasteiger partial charge in [-0.2, -0.15) is 13.2 Å². The maximum absolute atomic E-state index is 12.8. The second kappa shape index (κ2) is 8.86. The van der Waals surface area contributed by atoms with Gasteiger partial charge in [0, 0.05) is 17.4 Å². The summed E-state index contributed by atoms with van der Waals surface area (Å²) in [5.41, 5.74) is -0.211. The highest BCUT2D eigenvalue weighted by molar-refractivity contribution is 7.19. The number of methoxy groups -OCH3 is 2. The van der Waals surface area contributed by atoms with E-state index < -0.39 is 17.8 Å². The highest BCUT2D eigenvalue weighted by atomic mass is 32.1. The number of amides is 2. The van der Waals surface area contributed by atoms with Gasteiger partial charge in [-0.15, -0.1) is 10.2 Å². The van der Waals surface area contributed by atoms with Crippen molar-refractivity contribution >= 4 is 39.0 Å². The molecule has 2 aromatic carbocycles. The largest absolute Gasteiger partial charge is 0.493 e. The van der Waals surface area contributed by atoms with Crippen LogP contribution in [0.5, 0.6) is 11.5 Å². The first kappa shape index (κ1) is 21.2. The minimum Gasteiger partial charge on any atom is -0.493 e. The number of rotatable bonds is 6. The van der Waals surface area contributed by atoms with Crippen LogP contribution in [0.15, 0.2) is 42.5 Å². The molecule has 8 nitrogen and oxygen atoms in total. The molecule has 0 saturated heterocycles. The van der Waals surface area contributed by atoms with Crippen molar-refractivity contribution in [2.24, 2.45) is 0 Å². The molecule has 30 heavy (non-hydrogen) atoms. The molecule has 0 unspecified atom stereocenters. The molecular formula is C18H16F3N5O3S. The van der Waals surface area contributed by atoms with E-state index in [1.165, 1.54) is 26.4 Å². The molecule has 0 aliphatic rings. The number of carbonyl (C=O) groups excluding carboxylic acids is 1. The van der Waals surface area contributed by atoms with Crippen LogP contribution in [-0.2, 0) is 6.18 Å². The number of hydrogen-bond donors (Lipinski definition) is 3. The second-order valence-electron chi connectivity index (χ2n) is 5.76. The Labute approximate surface area is 173 Å². The van der Waals surface area contributed by atoms with Gasteiger partial charge in [0.25, 0.3) is 0 Å². The Hall–Kier alpha value is -3.54. The number of carbonyl (C=O) groups is 1. The summed E-state index contributed by atoms with van der Waals surface area (Å²) in [6, 6.07) is 8.72. The average Bonchev–Trinajstić information content (AvgIpc) is 3.13. The Bertz CT molecular complexity index is 1040. The normalized spacial score (nSPS) is 11.0. The van der Waals surface area contributed by atoms with Gasteiger partial charge in [-0.1, -0.05) is 17.4 Å². The maximum Gasteiger partial charge on any atom is 0.416 e. The fraction of sp³-hybridized carbons (Fsp3) is 0.167. The number of aromatic nitrogens is 2. The number of ether oxygens (including phenoxy) is 2.